The van der Waals surface area contributed by atoms with Gasteiger partial charge in [0, 0.05) is 18.1 Å². The van der Waals surface area contributed by atoms with Crippen LogP contribution in [0.25, 0.3) is 0 Å². The second kappa shape index (κ2) is 8.83. The molecule has 1 atom stereocenters. The third-order valence-corrected chi connectivity index (χ3v) is 7.64. The molecule has 7 heteroatoms. The minimum Gasteiger partial charge on any atom is -0.351 e. The van der Waals surface area contributed by atoms with Crippen molar-refractivity contribution in [2.45, 2.75) is 37.4 Å². The zero-order valence-electron chi connectivity index (χ0n) is 17.1. The molecule has 0 bridgehead atoms. The molecule has 1 heterocycles. The first-order valence-electron chi connectivity index (χ1n) is 10.0. The molecule has 0 unspecified atom stereocenters. The van der Waals surface area contributed by atoms with Crippen LogP contribution in [0.15, 0.2) is 77.7 Å². The average molecular weight is 455 g/mol. The number of benzene rings is 3. The van der Waals surface area contributed by atoms with E-state index < -0.39 is 16.1 Å². The van der Waals surface area contributed by atoms with Crippen molar-refractivity contribution in [1.29, 1.82) is 0 Å². The molecule has 1 amide bonds. The molecule has 0 aliphatic carbocycles. The van der Waals surface area contributed by atoms with Gasteiger partial charge in [-0.3, -0.25) is 4.79 Å². The summed E-state index contributed by atoms with van der Waals surface area (Å²) in [5.41, 5.74) is 3.99. The molecule has 4 rings (SSSR count). The number of halogens is 1. The number of carbonyl (C=O) groups is 1. The summed E-state index contributed by atoms with van der Waals surface area (Å²) in [5.74, 6) is -0.312. The Bertz CT molecular complexity index is 1190. The number of nitrogens with zero attached hydrogens (tertiary/aromatic N) is 1. The topological polar surface area (TPSA) is 66.5 Å². The standard InChI is InChI=1S/C24H23ClN2O3S/c1-17-6-8-18(9-7-17)15-26-24(28)23-14-19-4-2-3-5-20(19)16-27(23)31(29,30)22-12-10-21(25)11-13-22/h2-13,23H,14-16H2,1H3,(H,26,28)/t23-/m0/s1. The lowest BCUT2D eigenvalue weighted by atomic mass is 9.95. The Balaban J connectivity index is 1.63. The molecule has 0 aromatic heterocycles. The molecule has 0 radical (unpaired) electrons. The van der Waals surface area contributed by atoms with Crippen molar-refractivity contribution in [3.63, 3.8) is 0 Å². The van der Waals surface area contributed by atoms with Gasteiger partial charge in [-0.05, 0) is 54.3 Å². The molecule has 0 saturated carbocycles. The second-order valence-electron chi connectivity index (χ2n) is 7.70. The number of hydrogen-bond acceptors (Lipinski definition) is 3. The number of nitrogens with one attached hydrogen (secondary N) is 1. The molecule has 1 aliphatic heterocycles. The smallest absolute Gasteiger partial charge is 0.244 e. The van der Waals surface area contributed by atoms with Crippen molar-refractivity contribution in [2.24, 2.45) is 0 Å². The maximum atomic E-state index is 13.4. The van der Waals surface area contributed by atoms with Crippen molar-refractivity contribution in [1.82, 2.24) is 9.62 Å². The van der Waals surface area contributed by atoms with Gasteiger partial charge in [0.2, 0.25) is 15.9 Å². The summed E-state index contributed by atoms with van der Waals surface area (Å²) >= 11 is 5.93. The maximum absolute atomic E-state index is 13.4. The van der Waals surface area contributed by atoms with E-state index in [1.807, 2.05) is 55.5 Å². The summed E-state index contributed by atoms with van der Waals surface area (Å²) in [7, 11) is -3.89. The van der Waals surface area contributed by atoms with Gasteiger partial charge < -0.3 is 5.32 Å². The summed E-state index contributed by atoms with van der Waals surface area (Å²) in [6.45, 7) is 2.48. The molecule has 0 fully saturated rings. The van der Waals surface area contributed by atoms with Gasteiger partial charge in [0.1, 0.15) is 6.04 Å². The highest BCUT2D eigenvalue weighted by molar-refractivity contribution is 7.89. The first-order chi connectivity index (χ1) is 14.8. The van der Waals surface area contributed by atoms with E-state index in [1.54, 1.807) is 12.1 Å². The number of amides is 1. The molecule has 0 spiro atoms. The van der Waals surface area contributed by atoms with E-state index in [-0.39, 0.29) is 17.3 Å². The number of aryl methyl sites for hydroxylation is 1. The number of fused-ring (bicyclic) bond motifs is 1. The van der Waals surface area contributed by atoms with Crippen LogP contribution in [0.2, 0.25) is 5.02 Å². The van der Waals surface area contributed by atoms with Crippen LogP contribution in [-0.2, 0) is 34.3 Å². The number of hydrogen-bond donors (Lipinski definition) is 1. The van der Waals surface area contributed by atoms with Gasteiger partial charge in [-0.15, -0.1) is 0 Å². The van der Waals surface area contributed by atoms with E-state index in [2.05, 4.69) is 5.32 Å². The van der Waals surface area contributed by atoms with E-state index in [1.165, 1.54) is 16.4 Å². The first kappa shape index (κ1) is 21.6. The Hall–Kier alpha value is -2.67. The van der Waals surface area contributed by atoms with Crippen LogP contribution in [-0.4, -0.2) is 24.7 Å². The van der Waals surface area contributed by atoms with Gasteiger partial charge in [0.15, 0.2) is 0 Å². The van der Waals surface area contributed by atoms with E-state index in [4.69, 9.17) is 11.6 Å². The van der Waals surface area contributed by atoms with Crippen molar-refractivity contribution in [3.05, 3.63) is 100 Å². The zero-order valence-corrected chi connectivity index (χ0v) is 18.7. The van der Waals surface area contributed by atoms with Crippen LogP contribution in [0.3, 0.4) is 0 Å². The van der Waals surface area contributed by atoms with Crippen LogP contribution in [0, 0.1) is 6.92 Å². The Kier molecular flexibility index (Phi) is 6.14. The van der Waals surface area contributed by atoms with Gasteiger partial charge in [0.05, 0.1) is 4.90 Å². The quantitative estimate of drug-likeness (QED) is 0.631. The lowest BCUT2D eigenvalue weighted by Gasteiger charge is -2.35. The molecular formula is C24H23ClN2O3S. The third-order valence-electron chi connectivity index (χ3n) is 5.52. The summed E-state index contributed by atoms with van der Waals surface area (Å²) < 4.78 is 28.2. The van der Waals surface area contributed by atoms with E-state index in [9.17, 15) is 13.2 Å². The molecule has 1 aliphatic rings. The molecular weight excluding hydrogens is 432 g/mol. The summed E-state index contributed by atoms with van der Waals surface area (Å²) in [6, 6.07) is 20.7. The fourth-order valence-electron chi connectivity index (χ4n) is 3.73. The van der Waals surface area contributed by atoms with Gasteiger partial charge in [-0.2, -0.15) is 4.31 Å². The number of carbonyl (C=O) groups excluding carboxylic acids is 1. The van der Waals surface area contributed by atoms with Gasteiger partial charge >= 0.3 is 0 Å². The lowest BCUT2D eigenvalue weighted by Crippen LogP contribution is -2.52. The lowest BCUT2D eigenvalue weighted by molar-refractivity contribution is -0.125. The van der Waals surface area contributed by atoms with Crippen molar-refractivity contribution in [3.8, 4) is 0 Å². The zero-order chi connectivity index (χ0) is 22.0. The van der Waals surface area contributed by atoms with Crippen LogP contribution >= 0.6 is 11.6 Å². The fraction of sp³-hybridized carbons (Fsp3) is 0.208. The van der Waals surface area contributed by atoms with Gasteiger partial charge in [-0.25, -0.2) is 8.42 Å². The van der Waals surface area contributed by atoms with E-state index in [0.717, 1.165) is 22.3 Å². The average Bonchev–Trinajstić information content (AvgIpc) is 2.78. The molecule has 3 aromatic carbocycles. The predicted molar refractivity (Wildman–Crippen MR) is 121 cm³/mol. The normalized spacial score (nSPS) is 16.5. The van der Waals surface area contributed by atoms with Crippen molar-refractivity contribution in [2.75, 3.05) is 0 Å². The highest BCUT2D eigenvalue weighted by atomic mass is 35.5. The fourth-order valence-corrected chi connectivity index (χ4v) is 5.42. The van der Waals surface area contributed by atoms with Gasteiger partial charge in [-0.1, -0.05) is 65.7 Å². The van der Waals surface area contributed by atoms with Crippen molar-refractivity contribution >= 4 is 27.5 Å². The Morgan fingerprint density at radius 3 is 2.32 bits per heavy atom. The molecule has 160 valence electrons. The predicted octanol–water partition coefficient (Wildman–Crippen LogP) is 4.08. The monoisotopic (exact) mass is 454 g/mol. The molecule has 5 nitrogen and oxygen atoms in total. The SMILES string of the molecule is Cc1ccc(CNC(=O)[C@@H]2Cc3ccccc3CN2S(=O)(=O)c2ccc(Cl)cc2)cc1. The van der Waals surface area contributed by atoms with Crippen LogP contribution in [0.1, 0.15) is 22.3 Å². The maximum Gasteiger partial charge on any atom is 0.244 e. The summed E-state index contributed by atoms with van der Waals surface area (Å²) in [6.07, 6.45) is 0.322. The molecule has 3 aromatic rings. The Morgan fingerprint density at radius 2 is 1.65 bits per heavy atom. The van der Waals surface area contributed by atoms with E-state index >= 15 is 0 Å². The van der Waals surface area contributed by atoms with E-state index in [0.29, 0.717) is 18.0 Å². The second-order valence-corrected chi connectivity index (χ2v) is 10.0. The number of sulfonamides is 1. The largest absolute Gasteiger partial charge is 0.351 e. The molecule has 1 N–H and O–H groups in total. The number of rotatable bonds is 5. The minimum atomic E-state index is -3.89. The highest BCUT2D eigenvalue weighted by Crippen LogP contribution is 2.29. The Morgan fingerprint density at radius 1 is 1.00 bits per heavy atom. The van der Waals surface area contributed by atoms with Gasteiger partial charge in [0.25, 0.3) is 0 Å². The van der Waals surface area contributed by atoms with Crippen LogP contribution in [0.5, 0.6) is 0 Å². The Labute approximate surface area is 187 Å². The minimum absolute atomic E-state index is 0.118. The van der Waals surface area contributed by atoms with Crippen molar-refractivity contribution < 1.29 is 13.2 Å². The molecule has 31 heavy (non-hydrogen) atoms. The summed E-state index contributed by atoms with van der Waals surface area (Å²) in [5, 5.41) is 3.37. The van der Waals surface area contributed by atoms with Crippen LogP contribution < -0.4 is 5.32 Å². The summed E-state index contributed by atoms with van der Waals surface area (Å²) in [4.78, 5) is 13.3. The van der Waals surface area contributed by atoms with Crippen LogP contribution in [0.4, 0.5) is 0 Å². The highest BCUT2D eigenvalue weighted by Gasteiger charge is 2.39. The third kappa shape index (κ3) is 4.66. The first-order valence-corrected chi connectivity index (χ1v) is 11.8. The molecule has 0 saturated heterocycles.